The molecule has 1 aromatic rings. The van der Waals surface area contributed by atoms with Gasteiger partial charge in [0, 0.05) is 0 Å². The molecule has 1 aliphatic heterocycles. The van der Waals surface area contributed by atoms with Crippen LogP contribution in [0.15, 0.2) is 24.3 Å². The molecule has 3 N–H and O–H groups in total. The lowest BCUT2D eigenvalue weighted by Gasteiger charge is -2.47. The third-order valence-corrected chi connectivity index (χ3v) is 4.99. The minimum atomic E-state index is -1.38. The van der Waals surface area contributed by atoms with Gasteiger partial charge in [0.25, 0.3) is 6.13 Å². The van der Waals surface area contributed by atoms with Crippen molar-refractivity contribution in [2.24, 2.45) is 5.73 Å². The van der Waals surface area contributed by atoms with Gasteiger partial charge >= 0.3 is 0 Å². The van der Waals surface area contributed by atoms with Crippen molar-refractivity contribution in [1.29, 1.82) is 0 Å². The molecule has 1 fully saturated rings. The van der Waals surface area contributed by atoms with Crippen LogP contribution in [-0.2, 0) is 10.3 Å². The van der Waals surface area contributed by atoms with Crippen molar-refractivity contribution in [2.45, 2.75) is 29.7 Å². The minimum Gasteiger partial charge on any atom is -0.385 e. The maximum absolute atomic E-state index is 12.3. The largest absolute Gasteiger partial charge is 0.385 e. The molecule has 1 aliphatic carbocycles. The molecule has 6 heteroatoms. The average Bonchev–Trinajstić information content (AvgIpc) is 2.56. The first-order valence-corrected chi connectivity index (χ1v) is 6.40. The van der Waals surface area contributed by atoms with E-state index in [9.17, 15) is 9.90 Å². The third kappa shape index (κ3) is 1.18. The lowest BCUT2D eigenvalue weighted by atomic mass is 9.34. The van der Waals surface area contributed by atoms with Gasteiger partial charge in [0.2, 0.25) is 0 Å². The number of hydrogen-bond donors (Lipinski definition) is 2. The highest BCUT2D eigenvalue weighted by atomic mass is 35.5. The second-order valence-electron chi connectivity index (χ2n) is 5.22. The van der Waals surface area contributed by atoms with E-state index in [2.05, 4.69) is 0 Å². The number of Topliss-reactive ketones (excluding diaryl/α,β-unsaturated/α-hetero) is 1. The third-order valence-electron chi connectivity index (χ3n) is 4.37. The van der Waals surface area contributed by atoms with Crippen LogP contribution in [0.1, 0.15) is 18.4 Å². The maximum Gasteiger partial charge on any atom is 0.283 e. The fourth-order valence-electron chi connectivity index (χ4n) is 3.26. The van der Waals surface area contributed by atoms with Gasteiger partial charge in [-0.3, -0.25) is 4.79 Å². The van der Waals surface area contributed by atoms with Crippen LogP contribution in [0.5, 0.6) is 0 Å². The van der Waals surface area contributed by atoms with Crippen LogP contribution in [-0.4, -0.2) is 31.0 Å². The fourth-order valence-corrected chi connectivity index (χ4v) is 3.73. The van der Waals surface area contributed by atoms with Gasteiger partial charge in [0.1, 0.15) is 6.10 Å². The Morgan fingerprint density at radius 1 is 1.50 bits per heavy atom. The first kappa shape index (κ1) is 12.3. The Balaban J connectivity index is 2.28. The van der Waals surface area contributed by atoms with E-state index in [0.29, 0.717) is 18.4 Å². The number of carbonyl (C=O) groups is 1. The van der Waals surface area contributed by atoms with Gasteiger partial charge in [0.15, 0.2) is 5.78 Å². The van der Waals surface area contributed by atoms with Gasteiger partial charge in [-0.1, -0.05) is 36.1 Å². The SMILES string of the molecule is [B]C12CCC(O)C(=O)C1(N)c1ccccc1B2Cl. The predicted molar refractivity (Wildman–Crippen MR) is 72.2 cm³/mol. The predicted octanol–water partition coefficient (Wildman–Crippen LogP) is -0.118. The molecule has 1 aromatic carbocycles. The Hall–Kier alpha value is -0.770. The van der Waals surface area contributed by atoms with E-state index in [1.54, 1.807) is 12.1 Å². The molecule has 0 amide bonds. The molecule has 3 unspecified atom stereocenters. The number of aliphatic hydroxyl groups excluding tert-OH is 1. The lowest BCUT2D eigenvalue weighted by Crippen LogP contribution is -2.61. The molecule has 1 heterocycles. The normalized spacial score (nSPS) is 38.5. The summed E-state index contributed by atoms with van der Waals surface area (Å²) in [5.74, 6) is -0.424. The highest BCUT2D eigenvalue weighted by Gasteiger charge is 2.65. The molecule has 3 rings (SSSR count). The summed E-state index contributed by atoms with van der Waals surface area (Å²) in [6, 6.07) is 7.26. The molecule has 0 spiro atoms. The van der Waals surface area contributed by atoms with Crippen LogP contribution in [0.2, 0.25) is 5.21 Å². The van der Waals surface area contributed by atoms with Crippen molar-refractivity contribution < 1.29 is 9.90 Å². The lowest BCUT2D eigenvalue weighted by molar-refractivity contribution is -0.136. The smallest absolute Gasteiger partial charge is 0.283 e. The summed E-state index contributed by atoms with van der Waals surface area (Å²) in [7, 11) is 6.36. The molecule has 1 saturated carbocycles. The van der Waals surface area contributed by atoms with Crippen molar-refractivity contribution in [3.05, 3.63) is 29.8 Å². The standard InChI is InChI=1S/C12H12B2ClNO2/c13-11-6-5-9(17)10(18)12(11,16)7-3-1-2-4-8(7)14(11)15/h1-4,9,17H,5-6,16H2. The highest BCUT2D eigenvalue weighted by Crippen LogP contribution is 2.56. The Morgan fingerprint density at radius 2 is 2.17 bits per heavy atom. The maximum atomic E-state index is 12.3. The number of carbonyl (C=O) groups excluding carboxylic acids is 1. The number of fused-ring (bicyclic) bond motifs is 3. The molecule has 2 radical (unpaired) electrons. The van der Waals surface area contributed by atoms with Gasteiger partial charge in [-0.15, -0.1) is 0 Å². The molecular formula is C12H12B2ClNO2. The number of nitrogens with two attached hydrogens (primary N) is 1. The van der Waals surface area contributed by atoms with Gasteiger partial charge < -0.3 is 10.8 Å². The van der Waals surface area contributed by atoms with Crippen LogP contribution in [0.4, 0.5) is 0 Å². The van der Waals surface area contributed by atoms with Crippen molar-refractivity contribution in [1.82, 2.24) is 0 Å². The van der Waals surface area contributed by atoms with E-state index in [4.69, 9.17) is 25.0 Å². The number of aliphatic hydroxyl groups is 1. The Morgan fingerprint density at radius 3 is 2.89 bits per heavy atom. The van der Waals surface area contributed by atoms with E-state index in [1.165, 1.54) is 0 Å². The molecule has 0 aromatic heterocycles. The van der Waals surface area contributed by atoms with Crippen LogP contribution >= 0.6 is 11.5 Å². The zero-order valence-electron chi connectivity index (χ0n) is 9.77. The molecule has 0 bridgehead atoms. The van der Waals surface area contributed by atoms with E-state index in [-0.39, 0.29) is 0 Å². The summed E-state index contributed by atoms with van der Waals surface area (Å²) in [6.45, 7) is 0. The molecule has 3 atom stereocenters. The van der Waals surface area contributed by atoms with E-state index in [1.807, 2.05) is 12.1 Å². The number of benzene rings is 1. The van der Waals surface area contributed by atoms with Gasteiger partial charge in [-0.05, 0) is 17.2 Å². The number of hydrogen-bond acceptors (Lipinski definition) is 3. The summed E-state index contributed by atoms with van der Waals surface area (Å²) in [5.41, 5.74) is 6.38. The second-order valence-corrected chi connectivity index (χ2v) is 5.65. The second kappa shape index (κ2) is 3.62. The van der Waals surface area contributed by atoms with Crippen LogP contribution in [0.3, 0.4) is 0 Å². The molecule has 90 valence electrons. The quantitative estimate of drug-likeness (QED) is 0.639. The van der Waals surface area contributed by atoms with Crippen molar-refractivity contribution in [2.75, 3.05) is 0 Å². The summed E-state index contributed by atoms with van der Waals surface area (Å²) in [6.07, 6.45) is -0.818. The van der Waals surface area contributed by atoms with E-state index < -0.39 is 28.8 Å². The van der Waals surface area contributed by atoms with Gasteiger partial charge in [-0.25, -0.2) is 0 Å². The zero-order valence-corrected chi connectivity index (χ0v) is 10.5. The van der Waals surface area contributed by atoms with Crippen LogP contribution < -0.4 is 11.2 Å². The minimum absolute atomic E-state index is 0.311. The average molecular weight is 259 g/mol. The number of halogens is 1. The first-order chi connectivity index (χ1) is 8.43. The molecule has 0 saturated heterocycles. The molecular weight excluding hydrogens is 247 g/mol. The van der Waals surface area contributed by atoms with Gasteiger partial charge in [0.05, 0.1) is 13.4 Å². The number of rotatable bonds is 0. The Labute approximate surface area is 112 Å². The first-order valence-electron chi connectivity index (χ1n) is 5.96. The highest BCUT2D eigenvalue weighted by molar-refractivity contribution is 7.19. The van der Waals surface area contributed by atoms with E-state index in [0.717, 1.165) is 5.46 Å². The monoisotopic (exact) mass is 259 g/mol. The van der Waals surface area contributed by atoms with Crippen LogP contribution in [0.25, 0.3) is 0 Å². The van der Waals surface area contributed by atoms with Crippen molar-refractivity contribution in [3.8, 4) is 0 Å². The Kier molecular flexibility index (Phi) is 2.47. The van der Waals surface area contributed by atoms with Crippen LogP contribution in [0, 0.1) is 0 Å². The van der Waals surface area contributed by atoms with Crippen molar-refractivity contribution in [3.63, 3.8) is 0 Å². The summed E-state index contributed by atoms with van der Waals surface area (Å²) >= 11 is 6.42. The van der Waals surface area contributed by atoms with Crippen molar-refractivity contribution >= 4 is 36.7 Å². The summed E-state index contributed by atoms with van der Waals surface area (Å²) in [5, 5.41) is 8.77. The zero-order chi connectivity index (χ0) is 13.1. The topological polar surface area (TPSA) is 63.3 Å². The Bertz CT molecular complexity index is 541. The van der Waals surface area contributed by atoms with Gasteiger partial charge in [-0.2, -0.15) is 11.5 Å². The molecule has 18 heavy (non-hydrogen) atoms. The molecule has 3 nitrogen and oxygen atoms in total. The summed E-state index contributed by atoms with van der Waals surface area (Å²) in [4.78, 5) is 12.3. The van der Waals surface area contributed by atoms with E-state index >= 15 is 0 Å². The molecule has 2 aliphatic rings. The summed E-state index contributed by atoms with van der Waals surface area (Å²) < 4.78 is 0. The fraction of sp³-hybridized carbons (Fsp3) is 0.417. The number of ketones is 1.